The van der Waals surface area contributed by atoms with E-state index in [4.69, 9.17) is 17.2 Å². The highest BCUT2D eigenvalue weighted by atomic mass is 16.4. The molecular formula is C55H88N14O12. The molecule has 1 aromatic heterocycles. The molecule has 0 radical (unpaired) electrons. The minimum Gasteiger partial charge on any atom is -0.480 e. The van der Waals surface area contributed by atoms with Gasteiger partial charge in [0.05, 0.1) is 12.4 Å². The Balaban J connectivity index is 1.75. The maximum absolute atomic E-state index is 14.3. The van der Waals surface area contributed by atoms with Gasteiger partial charge in [0.15, 0.2) is 0 Å². The second-order valence-electron chi connectivity index (χ2n) is 21.5. The number of hydrogen-bond acceptors (Lipinski definition) is 14. The molecule has 1 aromatic carbocycles. The number of amides is 10. The Morgan fingerprint density at radius 1 is 0.667 bits per heavy atom. The second-order valence-corrected chi connectivity index (χ2v) is 21.5. The summed E-state index contributed by atoms with van der Waals surface area (Å²) in [7, 11) is 0. The first-order chi connectivity index (χ1) is 38.3. The Labute approximate surface area is 473 Å². The summed E-state index contributed by atoms with van der Waals surface area (Å²) >= 11 is 0. The van der Waals surface area contributed by atoms with Crippen LogP contribution in [0.5, 0.6) is 0 Å². The van der Waals surface area contributed by atoms with Crippen LogP contribution in [0.2, 0.25) is 0 Å². The number of unbranched alkanes of at least 4 members (excludes halogenated alkanes) is 1. The van der Waals surface area contributed by atoms with Crippen LogP contribution < -0.4 is 59.7 Å². The Morgan fingerprint density at radius 2 is 1.22 bits per heavy atom. The van der Waals surface area contributed by atoms with Crippen molar-refractivity contribution in [2.24, 2.45) is 35.0 Å². The molecule has 1 aliphatic heterocycles. The normalized spacial score (nSPS) is 17.2. The van der Waals surface area contributed by atoms with Crippen molar-refractivity contribution in [1.82, 2.24) is 57.4 Å². The zero-order chi connectivity index (χ0) is 60.5. The highest BCUT2D eigenvalue weighted by Crippen LogP contribution is 2.21. The highest BCUT2D eigenvalue weighted by molar-refractivity contribution is 5.99. The van der Waals surface area contributed by atoms with Gasteiger partial charge in [0, 0.05) is 37.7 Å². The molecule has 1 aliphatic rings. The van der Waals surface area contributed by atoms with Gasteiger partial charge in [0.1, 0.15) is 54.4 Å². The fraction of sp³-hybridized carbons (Fsp3) is 0.636. The standard InChI is InChI=1S/C55H88N14O12/c1-9-31(5)44(67-48(73)37(57)27-36-28-59-29-60-36)53(78)64-39(21-22-43(58)70)54(79)69-24-16-20-42(69)51(76)62-33(7)46(71)61-34(8)47(72)65-40(26-35-17-12-11-13-18-35)50(75)68-45(32(6)10-2)52(77)63-38(19-14-15-23-56)49(74)66-41(55(80)81)25-30(3)4/h11-13,17-18,28-34,37-42,44-45H,9-10,14-16,19-27,56-57H2,1-8H3,(H2,58,70)(H,59,60)(H,61,71)(H,62,76)(H,63,77)(H,64,78)(H,65,72)(H,66,74)(H,67,73)(H,68,75)(H,80,81)/t31-,32-,33-,34-,37-,38-,39-,40-,41-,42-,44-,45-/m0/s1. The number of imidazole rings is 1. The number of carbonyl (C=O) groups excluding carboxylic acids is 10. The lowest BCUT2D eigenvalue weighted by atomic mass is 9.96. The third-order valence-corrected chi connectivity index (χ3v) is 14.4. The molecule has 450 valence electrons. The van der Waals surface area contributed by atoms with Gasteiger partial charge in [0.25, 0.3) is 0 Å². The fourth-order valence-electron chi connectivity index (χ4n) is 9.08. The summed E-state index contributed by atoms with van der Waals surface area (Å²) < 4.78 is 0. The molecule has 0 unspecified atom stereocenters. The number of primary amides is 1. The van der Waals surface area contributed by atoms with Crippen LogP contribution >= 0.6 is 0 Å². The molecule has 0 saturated carbocycles. The molecular weight excluding hydrogens is 1050 g/mol. The minimum atomic E-state index is -1.34. The zero-order valence-corrected chi connectivity index (χ0v) is 48.0. The van der Waals surface area contributed by atoms with Crippen LogP contribution in [0, 0.1) is 17.8 Å². The average molecular weight is 1140 g/mol. The number of benzene rings is 1. The maximum atomic E-state index is 14.3. The van der Waals surface area contributed by atoms with Crippen molar-refractivity contribution < 1.29 is 57.8 Å². The minimum absolute atomic E-state index is 0.0440. The Morgan fingerprint density at radius 3 is 1.78 bits per heavy atom. The van der Waals surface area contributed by atoms with E-state index in [9.17, 15) is 57.8 Å². The number of nitrogens with one attached hydrogen (secondary N) is 9. The molecule has 2 aromatic rings. The van der Waals surface area contributed by atoms with E-state index in [1.54, 1.807) is 51.1 Å². The van der Waals surface area contributed by atoms with Crippen molar-refractivity contribution in [3.8, 4) is 0 Å². The van der Waals surface area contributed by atoms with E-state index in [1.807, 2.05) is 20.8 Å². The predicted molar refractivity (Wildman–Crippen MR) is 299 cm³/mol. The summed E-state index contributed by atoms with van der Waals surface area (Å²) in [5, 5.41) is 31.0. The third kappa shape index (κ3) is 22.2. The molecule has 2 heterocycles. The Kier molecular flexibility index (Phi) is 28.4. The smallest absolute Gasteiger partial charge is 0.326 e. The zero-order valence-electron chi connectivity index (χ0n) is 48.0. The van der Waals surface area contributed by atoms with Crippen LogP contribution in [0.15, 0.2) is 42.9 Å². The molecule has 0 spiro atoms. The van der Waals surface area contributed by atoms with Gasteiger partial charge in [-0.05, 0) is 88.7 Å². The van der Waals surface area contributed by atoms with Gasteiger partial charge in [0.2, 0.25) is 59.1 Å². The average Bonchev–Trinajstić information content (AvgIpc) is 4.17. The van der Waals surface area contributed by atoms with E-state index >= 15 is 0 Å². The summed E-state index contributed by atoms with van der Waals surface area (Å²) in [5.41, 5.74) is 18.5. The van der Waals surface area contributed by atoms with Crippen molar-refractivity contribution in [1.29, 1.82) is 0 Å². The lowest BCUT2D eigenvalue weighted by Gasteiger charge is -2.31. The number of carboxylic acid groups (broad SMARTS) is 1. The first kappa shape index (κ1) is 67.8. The van der Waals surface area contributed by atoms with Gasteiger partial charge in [-0.15, -0.1) is 0 Å². The van der Waals surface area contributed by atoms with Crippen molar-refractivity contribution >= 4 is 65.0 Å². The maximum Gasteiger partial charge on any atom is 0.326 e. The quantitative estimate of drug-likeness (QED) is 0.0370. The van der Waals surface area contributed by atoms with Crippen LogP contribution in [-0.2, 0) is 65.6 Å². The molecule has 10 amide bonds. The number of carboxylic acids is 1. The van der Waals surface area contributed by atoms with E-state index in [0.717, 1.165) is 0 Å². The summed E-state index contributed by atoms with van der Waals surface area (Å²) in [6, 6.07) is -3.35. The molecule has 3 rings (SSSR count). The molecule has 12 atom stereocenters. The Bertz CT molecular complexity index is 2430. The summed E-state index contributed by atoms with van der Waals surface area (Å²) in [5.74, 6) is -9.47. The number of aromatic nitrogens is 2. The first-order valence-electron chi connectivity index (χ1n) is 28.0. The SMILES string of the molecule is CC[C@H](C)[C@H](NC(=O)[C@H](Cc1ccccc1)NC(=O)[C@H](C)NC(=O)[C@H](C)NC(=O)[C@@H]1CCCN1C(=O)[C@H](CCC(N)=O)NC(=O)[C@@H](NC(=O)[C@@H](N)Cc1cnc[nH]1)[C@@H](C)CC)C(=O)N[C@@H](CCCCN)C(=O)N[C@@H](CC(C)C)C(=O)O. The van der Waals surface area contributed by atoms with E-state index in [-0.39, 0.29) is 57.4 Å². The van der Waals surface area contributed by atoms with Crippen LogP contribution in [0.25, 0.3) is 0 Å². The van der Waals surface area contributed by atoms with Crippen LogP contribution in [-0.4, -0.2) is 159 Å². The second kappa shape index (κ2) is 34.0. The topological polar surface area (TPSA) is 414 Å². The summed E-state index contributed by atoms with van der Waals surface area (Å²) in [6.45, 7) is 13.8. The largest absolute Gasteiger partial charge is 0.480 e. The molecule has 0 bridgehead atoms. The van der Waals surface area contributed by atoms with E-state index < -0.39 is 137 Å². The number of likely N-dealkylation sites (tertiary alicyclic amines) is 1. The lowest BCUT2D eigenvalue weighted by Crippen LogP contribution is -2.61. The molecule has 26 heteroatoms. The van der Waals surface area contributed by atoms with Crippen LogP contribution in [0.3, 0.4) is 0 Å². The van der Waals surface area contributed by atoms with Gasteiger partial charge >= 0.3 is 5.97 Å². The molecule has 26 nitrogen and oxygen atoms in total. The number of hydrogen-bond donors (Lipinski definition) is 13. The monoisotopic (exact) mass is 1140 g/mol. The van der Waals surface area contributed by atoms with E-state index in [2.05, 4.69) is 52.5 Å². The van der Waals surface area contributed by atoms with Gasteiger partial charge in [-0.2, -0.15) is 0 Å². The Hall–Kier alpha value is -7.48. The number of aliphatic carboxylic acids is 1. The van der Waals surface area contributed by atoms with Gasteiger partial charge in [-0.3, -0.25) is 47.9 Å². The fourth-order valence-corrected chi connectivity index (χ4v) is 9.08. The van der Waals surface area contributed by atoms with Crippen LogP contribution in [0.4, 0.5) is 0 Å². The summed E-state index contributed by atoms with van der Waals surface area (Å²) in [6.07, 6.45) is 5.15. The summed E-state index contributed by atoms with van der Waals surface area (Å²) in [4.78, 5) is 157. The number of H-pyrrole nitrogens is 1. The van der Waals surface area contributed by atoms with Gasteiger partial charge in [-0.25, -0.2) is 9.78 Å². The number of rotatable bonds is 35. The van der Waals surface area contributed by atoms with Crippen molar-refractivity contribution in [2.45, 2.75) is 193 Å². The van der Waals surface area contributed by atoms with Crippen LogP contribution in [0.1, 0.15) is 131 Å². The van der Waals surface area contributed by atoms with Crippen molar-refractivity contribution in [3.63, 3.8) is 0 Å². The number of carbonyl (C=O) groups is 11. The lowest BCUT2D eigenvalue weighted by molar-refractivity contribution is -0.143. The van der Waals surface area contributed by atoms with Gasteiger partial charge in [-0.1, -0.05) is 84.7 Å². The number of nitrogens with zero attached hydrogens (tertiary/aromatic N) is 2. The van der Waals surface area contributed by atoms with E-state index in [1.165, 1.54) is 31.3 Å². The van der Waals surface area contributed by atoms with Gasteiger partial charge < -0.3 is 74.7 Å². The first-order valence-corrected chi connectivity index (χ1v) is 28.0. The third-order valence-electron chi connectivity index (χ3n) is 14.4. The van der Waals surface area contributed by atoms with Crippen molar-refractivity contribution in [3.05, 3.63) is 54.1 Å². The van der Waals surface area contributed by atoms with E-state index in [0.29, 0.717) is 49.9 Å². The molecule has 0 aliphatic carbocycles. The molecule has 1 fully saturated rings. The molecule has 81 heavy (non-hydrogen) atoms. The highest BCUT2D eigenvalue weighted by Gasteiger charge is 2.41. The molecule has 1 saturated heterocycles. The van der Waals surface area contributed by atoms with Crippen molar-refractivity contribution in [2.75, 3.05) is 13.1 Å². The number of nitrogens with two attached hydrogens (primary N) is 3. The number of aromatic amines is 1. The predicted octanol–water partition coefficient (Wildman–Crippen LogP) is -0.951. The molecule has 16 N–H and O–H groups in total.